The fraction of sp³-hybridized carbons (Fsp3) is 0.0909. The summed E-state index contributed by atoms with van der Waals surface area (Å²) in [5.41, 5.74) is 1.07. The molecule has 0 bridgehead atoms. The van der Waals surface area contributed by atoms with E-state index in [1.54, 1.807) is 0 Å². The van der Waals surface area contributed by atoms with E-state index in [0.717, 1.165) is 20.6 Å². The van der Waals surface area contributed by atoms with Crippen LogP contribution in [0.2, 0.25) is 0 Å². The van der Waals surface area contributed by atoms with Crippen molar-refractivity contribution in [3.63, 3.8) is 0 Å². The van der Waals surface area contributed by atoms with E-state index in [1.165, 1.54) is 0 Å². The van der Waals surface area contributed by atoms with Gasteiger partial charge in [0.15, 0.2) is 4.67 Å². The van der Waals surface area contributed by atoms with Crippen molar-refractivity contribution in [1.29, 1.82) is 0 Å². The van der Waals surface area contributed by atoms with Crippen molar-refractivity contribution >= 4 is 37.5 Å². The minimum Gasteiger partial charge on any atom is -0.452 e. The van der Waals surface area contributed by atoms with E-state index in [2.05, 4.69) is 37.2 Å². The Morgan fingerprint density at radius 3 is 2.33 bits per heavy atom. The van der Waals surface area contributed by atoms with Crippen LogP contribution in [-0.4, -0.2) is 0 Å². The standard InChI is InChI=1S/C11H9Br2NO/c12-8-1-3-9(4-2-8)14-7-10-5-6-11(13)15-10/h1-6,14H,7H2. The molecule has 0 atom stereocenters. The van der Waals surface area contributed by atoms with E-state index in [0.29, 0.717) is 6.54 Å². The fourth-order valence-corrected chi connectivity index (χ4v) is 1.81. The minimum absolute atomic E-state index is 0.688. The molecule has 0 radical (unpaired) electrons. The van der Waals surface area contributed by atoms with E-state index in [9.17, 15) is 0 Å². The number of benzene rings is 1. The summed E-state index contributed by atoms with van der Waals surface area (Å²) in [5.74, 6) is 0.907. The molecule has 1 N–H and O–H groups in total. The molecular weight excluding hydrogens is 322 g/mol. The first kappa shape index (κ1) is 10.8. The minimum atomic E-state index is 0.688. The molecule has 0 saturated heterocycles. The lowest BCUT2D eigenvalue weighted by Gasteiger charge is -2.03. The summed E-state index contributed by atoms with van der Waals surface area (Å²) in [7, 11) is 0. The SMILES string of the molecule is Brc1ccc(NCc2ccc(Br)o2)cc1. The lowest BCUT2D eigenvalue weighted by molar-refractivity contribution is 0.495. The van der Waals surface area contributed by atoms with Crippen molar-refractivity contribution in [2.45, 2.75) is 6.54 Å². The van der Waals surface area contributed by atoms with Crippen molar-refractivity contribution < 1.29 is 4.42 Å². The van der Waals surface area contributed by atoms with Crippen molar-refractivity contribution in [1.82, 2.24) is 0 Å². The van der Waals surface area contributed by atoms with Crippen molar-refractivity contribution in [3.8, 4) is 0 Å². The Hall–Kier alpha value is -0.740. The fourth-order valence-electron chi connectivity index (χ4n) is 1.20. The summed E-state index contributed by atoms with van der Waals surface area (Å²) in [5, 5.41) is 3.27. The molecule has 0 spiro atoms. The highest BCUT2D eigenvalue weighted by Gasteiger charge is 1.98. The Kier molecular flexibility index (Phi) is 3.49. The Morgan fingerprint density at radius 2 is 1.73 bits per heavy atom. The van der Waals surface area contributed by atoms with Crippen LogP contribution in [0.25, 0.3) is 0 Å². The van der Waals surface area contributed by atoms with Gasteiger partial charge in [-0.15, -0.1) is 0 Å². The second-order valence-corrected chi connectivity index (χ2v) is 4.76. The molecule has 0 fully saturated rings. The van der Waals surface area contributed by atoms with Gasteiger partial charge in [-0.2, -0.15) is 0 Å². The molecule has 15 heavy (non-hydrogen) atoms. The zero-order chi connectivity index (χ0) is 10.7. The molecule has 2 nitrogen and oxygen atoms in total. The van der Waals surface area contributed by atoms with Gasteiger partial charge in [-0.25, -0.2) is 0 Å². The second kappa shape index (κ2) is 4.86. The van der Waals surface area contributed by atoms with Crippen LogP contribution in [0.3, 0.4) is 0 Å². The first-order valence-corrected chi connectivity index (χ1v) is 6.06. The topological polar surface area (TPSA) is 25.2 Å². The number of hydrogen-bond acceptors (Lipinski definition) is 2. The van der Waals surface area contributed by atoms with E-state index in [4.69, 9.17) is 4.42 Å². The van der Waals surface area contributed by atoms with Gasteiger partial charge in [0.05, 0.1) is 6.54 Å². The number of hydrogen-bond donors (Lipinski definition) is 1. The molecule has 2 rings (SSSR count). The van der Waals surface area contributed by atoms with E-state index in [-0.39, 0.29) is 0 Å². The molecule has 78 valence electrons. The molecule has 0 aliphatic carbocycles. The highest BCUT2D eigenvalue weighted by atomic mass is 79.9. The maximum Gasteiger partial charge on any atom is 0.169 e. The maximum absolute atomic E-state index is 5.37. The van der Waals surface area contributed by atoms with Gasteiger partial charge in [0.1, 0.15) is 5.76 Å². The normalized spacial score (nSPS) is 10.3. The number of furan rings is 1. The third kappa shape index (κ3) is 3.11. The van der Waals surface area contributed by atoms with Crippen LogP contribution >= 0.6 is 31.9 Å². The molecule has 0 unspecified atom stereocenters. The molecule has 2 aromatic rings. The Balaban J connectivity index is 1.96. The highest BCUT2D eigenvalue weighted by Crippen LogP contribution is 2.17. The highest BCUT2D eigenvalue weighted by molar-refractivity contribution is 9.10. The smallest absolute Gasteiger partial charge is 0.169 e. The van der Waals surface area contributed by atoms with Gasteiger partial charge in [0, 0.05) is 10.2 Å². The van der Waals surface area contributed by atoms with Crippen LogP contribution < -0.4 is 5.32 Å². The number of nitrogens with one attached hydrogen (secondary N) is 1. The monoisotopic (exact) mass is 329 g/mol. The second-order valence-electron chi connectivity index (χ2n) is 3.07. The van der Waals surface area contributed by atoms with Gasteiger partial charge < -0.3 is 9.73 Å². The first-order valence-electron chi connectivity index (χ1n) is 4.48. The van der Waals surface area contributed by atoms with E-state index >= 15 is 0 Å². The molecular formula is C11H9Br2NO. The Labute approximate surface area is 105 Å². The lowest BCUT2D eigenvalue weighted by atomic mass is 10.3. The quantitative estimate of drug-likeness (QED) is 0.901. The van der Waals surface area contributed by atoms with Gasteiger partial charge >= 0.3 is 0 Å². The zero-order valence-corrected chi connectivity index (χ0v) is 11.0. The average Bonchev–Trinajstić information content (AvgIpc) is 2.64. The van der Waals surface area contributed by atoms with Gasteiger partial charge in [-0.3, -0.25) is 0 Å². The number of anilines is 1. The first-order chi connectivity index (χ1) is 7.24. The molecule has 1 heterocycles. The van der Waals surface area contributed by atoms with Crippen LogP contribution in [0.4, 0.5) is 5.69 Å². The predicted molar refractivity (Wildman–Crippen MR) is 67.9 cm³/mol. The molecule has 1 aromatic heterocycles. The van der Waals surface area contributed by atoms with Crippen LogP contribution in [-0.2, 0) is 6.54 Å². The molecule has 0 aliphatic heterocycles. The average molecular weight is 331 g/mol. The van der Waals surface area contributed by atoms with Gasteiger partial charge in [0.2, 0.25) is 0 Å². The van der Waals surface area contributed by atoms with Gasteiger partial charge in [-0.05, 0) is 52.3 Å². The van der Waals surface area contributed by atoms with E-state index < -0.39 is 0 Å². The van der Waals surface area contributed by atoms with Crippen LogP contribution in [0.15, 0.2) is 50.0 Å². The lowest BCUT2D eigenvalue weighted by Crippen LogP contribution is -1.97. The summed E-state index contributed by atoms with van der Waals surface area (Å²) in [6, 6.07) is 11.9. The summed E-state index contributed by atoms with van der Waals surface area (Å²) in [4.78, 5) is 0. The predicted octanol–water partition coefficient (Wildman–Crippen LogP) is 4.42. The third-order valence-corrected chi connectivity index (χ3v) is 2.89. The Morgan fingerprint density at radius 1 is 1.00 bits per heavy atom. The zero-order valence-electron chi connectivity index (χ0n) is 7.84. The number of halogens is 2. The third-order valence-electron chi connectivity index (χ3n) is 1.94. The van der Waals surface area contributed by atoms with Gasteiger partial charge in [-0.1, -0.05) is 15.9 Å². The summed E-state index contributed by atoms with van der Waals surface area (Å²) in [6.07, 6.45) is 0. The van der Waals surface area contributed by atoms with Gasteiger partial charge in [0.25, 0.3) is 0 Å². The molecule has 0 saturated carbocycles. The van der Waals surface area contributed by atoms with Crippen LogP contribution in [0, 0.1) is 0 Å². The summed E-state index contributed by atoms with van der Waals surface area (Å²) < 4.78 is 7.21. The molecule has 4 heteroatoms. The largest absolute Gasteiger partial charge is 0.452 e. The van der Waals surface area contributed by atoms with Crippen molar-refractivity contribution in [2.75, 3.05) is 5.32 Å². The Bertz CT molecular complexity index is 436. The molecule has 1 aromatic carbocycles. The molecule has 0 aliphatic rings. The van der Waals surface area contributed by atoms with Crippen LogP contribution in [0.1, 0.15) is 5.76 Å². The van der Waals surface area contributed by atoms with Crippen LogP contribution in [0.5, 0.6) is 0 Å². The van der Waals surface area contributed by atoms with Crippen molar-refractivity contribution in [2.24, 2.45) is 0 Å². The molecule has 0 amide bonds. The van der Waals surface area contributed by atoms with E-state index in [1.807, 2.05) is 36.4 Å². The summed E-state index contributed by atoms with van der Waals surface area (Å²) >= 11 is 6.66. The summed E-state index contributed by atoms with van der Waals surface area (Å²) in [6.45, 7) is 0.688. The van der Waals surface area contributed by atoms with Crippen molar-refractivity contribution in [3.05, 3.63) is 51.3 Å². The number of rotatable bonds is 3. The maximum atomic E-state index is 5.37.